The van der Waals surface area contributed by atoms with E-state index in [2.05, 4.69) is 16.4 Å². The molecule has 0 saturated carbocycles. The zero-order valence-electron chi connectivity index (χ0n) is 9.82. The first-order valence-corrected chi connectivity index (χ1v) is 6.36. The third-order valence-electron chi connectivity index (χ3n) is 3.91. The van der Waals surface area contributed by atoms with Gasteiger partial charge in [-0.25, -0.2) is 4.39 Å². The summed E-state index contributed by atoms with van der Waals surface area (Å²) in [4.78, 5) is 3.93. The van der Waals surface area contributed by atoms with Crippen molar-refractivity contribution in [2.45, 2.75) is 31.7 Å². The summed E-state index contributed by atoms with van der Waals surface area (Å²) >= 11 is 0. The number of aromatic nitrogens is 1. The highest BCUT2D eigenvalue weighted by atomic mass is 19.1. The van der Waals surface area contributed by atoms with Crippen LogP contribution in [0.3, 0.4) is 0 Å². The second-order valence-corrected chi connectivity index (χ2v) is 5.02. The van der Waals surface area contributed by atoms with Crippen molar-refractivity contribution in [1.29, 1.82) is 0 Å². The summed E-state index contributed by atoms with van der Waals surface area (Å²) in [5.74, 6) is 0.524. The molecule has 0 bridgehead atoms. The van der Waals surface area contributed by atoms with Crippen LogP contribution in [0.2, 0.25) is 0 Å². The minimum absolute atomic E-state index is 0.248. The topological polar surface area (TPSA) is 24.9 Å². The van der Waals surface area contributed by atoms with Gasteiger partial charge in [-0.1, -0.05) is 6.08 Å². The summed E-state index contributed by atoms with van der Waals surface area (Å²) in [7, 11) is 0. The average molecular weight is 232 g/mol. The van der Waals surface area contributed by atoms with Crippen LogP contribution in [0.1, 0.15) is 31.2 Å². The minimum atomic E-state index is -0.248. The average Bonchev–Trinajstić information content (AvgIpc) is 2.38. The van der Waals surface area contributed by atoms with E-state index in [1.807, 2.05) is 0 Å². The number of rotatable bonds is 1. The van der Waals surface area contributed by atoms with Crippen LogP contribution in [0.15, 0.2) is 24.5 Å². The highest BCUT2D eigenvalue weighted by molar-refractivity contribution is 5.66. The van der Waals surface area contributed by atoms with Crippen LogP contribution in [0.25, 0.3) is 5.57 Å². The molecule has 2 atom stereocenters. The maximum atomic E-state index is 13.1. The molecule has 2 aliphatic rings. The van der Waals surface area contributed by atoms with Crippen LogP contribution in [-0.4, -0.2) is 17.6 Å². The maximum Gasteiger partial charge on any atom is 0.142 e. The predicted molar refractivity (Wildman–Crippen MR) is 65.9 cm³/mol. The molecule has 1 aliphatic heterocycles. The molecular weight excluding hydrogens is 215 g/mol. The summed E-state index contributed by atoms with van der Waals surface area (Å²) in [6.07, 6.45) is 10.0. The second kappa shape index (κ2) is 4.57. The molecule has 1 aromatic rings. The Morgan fingerprint density at radius 1 is 1.35 bits per heavy atom. The van der Waals surface area contributed by atoms with Gasteiger partial charge in [-0.2, -0.15) is 0 Å². The molecule has 0 unspecified atom stereocenters. The SMILES string of the molecule is Fc1cncc(C2=CC[C@H]3CCCN[C@H]3C2)c1. The first kappa shape index (κ1) is 10.9. The van der Waals surface area contributed by atoms with Crippen LogP contribution >= 0.6 is 0 Å². The van der Waals surface area contributed by atoms with E-state index >= 15 is 0 Å². The van der Waals surface area contributed by atoms with E-state index < -0.39 is 0 Å². The zero-order valence-corrected chi connectivity index (χ0v) is 9.82. The number of hydrogen-bond acceptors (Lipinski definition) is 2. The Morgan fingerprint density at radius 3 is 3.18 bits per heavy atom. The summed E-state index contributed by atoms with van der Waals surface area (Å²) in [6, 6.07) is 2.16. The molecule has 1 fully saturated rings. The van der Waals surface area contributed by atoms with Gasteiger partial charge in [0.2, 0.25) is 0 Å². The van der Waals surface area contributed by atoms with Gasteiger partial charge in [0.1, 0.15) is 5.82 Å². The molecule has 1 saturated heterocycles. The van der Waals surface area contributed by atoms with Crippen molar-refractivity contribution in [1.82, 2.24) is 10.3 Å². The van der Waals surface area contributed by atoms with Gasteiger partial charge in [-0.05, 0) is 55.3 Å². The number of fused-ring (bicyclic) bond motifs is 1. The van der Waals surface area contributed by atoms with Crippen LogP contribution in [0, 0.1) is 11.7 Å². The number of allylic oxidation sites excluding steroid dienone is 1. The van der Waals surface area contributed by atoms with Gasteiger partial charge in [0.05, 0.1) is 6.20 Å². The molecule has 90 valence electrons. The predicted octanol–water partition coefficient (Wildman–Crippen LogP) is 2.77. The molecule has 2 nitrogen and oxygen atoms in total. The molecule has 1 aliphatic carbocycles. The molecule has 0 aromatic carbocycles. The van der Waals surface area contributed by atoms with Crippen LogP contribution in [-0.2, 0) is 0 Å². The molecule has 0 radical (unpaired) electrons. The number of hydrogen-bond donors (Lipinski definition) is 1. The van der Waals surface area contributed by atoms with Gasteiger partial charge in [-0.15, -0.1) is 0 Å². The fraction of sp³-hybridized carbons (Fsp3) is 0.500. The highest BCUT2D eigenvalue weighted by Gasteiger charge is 2.28. The van der Waals surface area contributed by atoms with Crippen LogP contribution < -0.4 is 5.32 Å². The van der Waals surface area contributed by atoms with Gasteiger partial charge in [0, 0.05) is 12.2 Å². The minimum Gasteiger partial charge on any atom is -0.313 e. The Morgan fingerprint density at radius 2 is 2.29 bits per heavy atom. The molecule has 3 rings (SSSR count). The van der Waals surface area contributed by atoms with Crippen molar-refractivity contribution in [3.05, 3.63) is 35.9 Å². The standard InChI is InChI=1S/C14H17FN2/c15-13-6-12(8-16-9-13)11-4-3-10-2-1-5-17-14(10)7-11/h4,6,8-10,14,17H,1-3,5,7H2/t10-,14+/m1/s1. The Bertz CT molecular complexity index is 442. The van der Waals surface area contributed by atoms with Crippen LogP contribution in [0.4, 0.5) is 4.39 Å². The van der Waals surface area contributed by atoms with E-state index in [1.165, 1.54) is 24.6 Å². The largest absolute Gasteiger partial charge is 0.313 e. The highest BCUT2D eigenvalue weighted by Crippen LogP contribution is 2.34. The molecule has 0 amide bonds. The van der Waals surface area contributed by atoms with E-state index in [0.717, 1.165) is 30.9 Å². The Hall–Kier alpha value is -1.22. The number of nitrogens with zero attached hydrogens (tertiary/aromatic N) is 1. The van der Waals surface area contributed by atoms with E-state index in [1.54, 1.807) is 12.3 Å². The second-order valence-electron chi connectivity index (χ2n) is 5.02. The number of pyridine rings is 1. The summed E-state index contributed by atoms with van der Waals surface area (Å²) < 4.78 is 13.1. The lowest BCUT2D eigenvalue weighted by Crippen LogP contribution is -2.42. The lowest BCUT2D eigenvalue weighted by molar-refractivity contribution is 0.278. The first-order valence-electron chi connectivity index (χ1n) is 6.36. The van der Waals surface area contributed by atoms with Gasteiger partial charge in [-0.3, -0.25) is 4.98 Å². The maximum absolute atomic E-state index is 13.1. The van der Waals surface area contributed by atoms with Gasteiger partial charge in [0.15, 0.2) is 0 Å². The molecular formula is C14H17FN2. The molecule has 1 aromatic heterocycles. The molecule has 0 spiro atoms. The Balaban J connectivity index is 1.82. The number of halogens is 1. The quantitative estimate of drug-likeness (QED) is 0.805. The van der Waals surface area contributed by atoms with Crippen molar-refractivity contribution >= 4 is 5.57 Å². The summed E-state index contributed by atoms with van der Waals surface area (Å²) in [6.45, 7) is 1.12. The number of piperidine rings is 1. The monoisotopic (exact) mass is 232 g/mol. The van der Waals surface area contributed by atoms with E-state index in [4.69, 9.17) is 0 Å². The van der Waals surface area contributed by atoms with Crippen LogP contribution in [0.5, 0.6) is 0 Å². The van der Waals surface area contributed by atoms with E-state index in [9.17, 15) is 4.39 Å². The Labute approximate surface area is 101 Å². The third kappa shape index (κ3) is 2.25. The molecule has 1 N–H and O–H groups in total. The van der Waals surface area contributed by atoms with Gasteiger partial charge in [0.25, 0.3) is 0 Å². The molecule has 17 heavy (non-hydrogen) atoms. The fourth-order valence-electron chi connectivity index (χ4n) is 2.98. The van der Waals surface area contributed by atoms with Crippen molar-refractivity contribution in [2.75, 3.05) is 6.54 Å². The number of nitrogens with one attached hydrogen (secondary N) is 1. The molecule has 2 heterocycles. The van der Waals surface area contributed by atoms with Crippen molar-refractivity contribution < 1.29 is 4.39 Å². The van der Waals surface area contributed by atoms with Crippen molar-refractivity contribution in [3.8, 4) is 0 Å². The summed E-state index contributed by atoms with van der Waals surface area (Å²) in [5, 5.41) is 3.58. The van der Waals surface area contributed by atoms with Gasteiger partial charge < -0.3 is 5.32 Å². The summed E-state index contributed by atoms with van der Waals surface area (Å²) in [5.41, 5.74) is 2.18. The zero-order chi connectivity index (χ0) is 11.7. The third-order valence-corrected chi connectivity index (χ3v) is 3.91. The lowest BCUT2D eigenvalue weighted by Gasteiger charge is -2.36. The van der Waals surface area contributed by atoms with Crippen molar-refractivity contribution in [3.63, 3.8) is 0 Å². The lowest BCUT2D eigenvalue weighted by atomic mass is 9.78. The normalized spacial score (nSPS) is 28.4. The van der Waals surface area contributed by atoms with E-state index in [0.29, 0.717) is 6.04 Å². The smallest absolute Gasteiger partial charge is 0.142 e. The van der Waals surface area contributed by atoms with Gasteiger partial charge >= 0.3 is 0 Å². The molecule has 3 heteroatoms. The van der Waals surface area contributed by atoms with Crippen molar-refractivity contribution in [2.24, 2.45) is 5.92 Å². The fourth-order valence-corrected chi connectivity index (χ4v) is 2.98. The Kier molecular flexibility index (Phi) is 2.93. The van der Waals surface area contributed by atoms with E-state index in [-0.39, 0.29) is 5.82 Å². The first-order chi connectivity index (χ1) is 8.33.